The van der Waals surface area contributed by atoms with E-state index in [1.807, 2.05) is 6.92 Å². The third-order valence-electron chi connectivity index (χ3n) is 5.74. The van der Waals surface area contributed by atoms with Gasteiger partial charge in [-0.05, 0) is 36.8 Å². The highest BCUT2D eigenvalue weighted by molar-refractivity contribution is 7.92. The molecule has 0 unspecified atom stereocenters. The first-order chi connectivity index (χ1) is 17.5. The van der Waals surface area contributed by atoms with Gasteiger partial charge in [-0.3, -0.25) is 23.0 Å². The van der Waals surface area contributed by atoms with Crippen LogP contribution in [0.3, 0.4) is 0 Å². The van der Waals surface area contributed by atoms with Crippen LogP contribution in [0.25, 0.3) is 0 Å². The molecular formula is C25H28N4O7S. The summed E-state index contributed by atoms with van der Waals surface area (Å²) < 4.78 is 34.9. The van der Waals surface area contributed by atoms with Crippen LogP contribution in [0.15, 0.2) is 69.1 Å². The summed E-state index contributed by atoms with van der Waals surface area (Å²) in [6.07, 6.45) is 1.41. The number of hydrogen-bond acceptors (Lipinski definition) is 8. The highest BCUT2D eigenvalue weighted by Crippen LogP contribution is 2.25. The number of ketones is 1. The van der Waals surface area contributed by atoms with E-state index in [-0.39, 0.29) is 22.8 Å². The first kappa shape index (κ1) is 27.4. The maximum absolute atomic E-state index is 13.5. The Bertz CT molecular complexity index is 1540. The van der Waals surface area contributed by atoms with Crippen LogP contribution in [0.1, 0.15) is 40.5 Å². The zero-order valence-corrected chi connectivity index (χ0v) is 21.5. The van der Waals surface area contributed by atoms with E-state index in [1.165, 1.54) is 42.7 Å². The van der Waals surface area contributed by atoms with Crippen LogP contribution in [0, 0.1) is 0 Å². The molecule has 37 heavy (non-hydrogen) atoms. The zero-order chi connectivity index (χ0) is 27.3. The quantitative estimate of drug-likeness (QED) is 0.308. The monoisotopic (exact) mass is 528 g/mol. The predicted molar refractivity (Wildman–Crippen MR) is 138 cm³/mol. The summed E-state index contributed by atoms with van der Waals surface area (Å²) in [7, 11) is -1.53. The van der Waals surface area contributed by atoms with E-state index in [2.05, 4.69) is 0 Å². The smallest absolute Gasteiger partial charge is 0.338 e. The number of ether oxygens (including phenoxy) is 1. The third kappa shape index (κ3) is 5.64. The van der Waals surface area contributed by atoms with Crippen LogP contribution in [0.5, 0.6) is 0 Å². The van der Waals surface area contributed by atoms with E-state index in [1.54, 1.807) is 30.3 Å². The number of nitrogens with two attached hydrogens (primary N) is 1. The van der Waals surface area contributed by atoms with Crippen molar-refractivity contribution in [1.29, 1.82) is 0 Å². The van der Waals surface area contributed by atoms with Gasteiger partial charge in [-0.1, -0.05) is 37.6 Å². The van der Waals surface area contributed by atoms with E-state index in [9.17, 15) is 27.6 Å². The summed E-state index contributed by atoms with van der Waals surface area (Å²) in [5.74, 6) is -2.22. The molecule has 0 fully saturated rings. The molecule has 0 amide bonds. The molecule has 0 saturated carbocycles. The summed E-state index contributed by atoms with van der Waals surface area (Å²) in [4.78, 5) is 49.5. The standard InChI is InChI=1S/C25H28N4O7S/c1-4-5-14-29(18-11-7-6-8-12-18)37(34,35)19-13-9-10-17(15-19)24(32)36-16-20(30)21-22(26)27(2)25(33)28(3)23(21)31/h6-13,15H,4-5,14,16,26H2,1-3H3. The van der Waals surface area contributed by atoms with Gasteiger partial charge in [0, 0.05) is 20.6 Å². The number of unbranched alkanes of at least 4 members (excludes halogenated alkanes) is 1. The van der Waals surface area contributed by atoms with Crippen LogP contribution < -0.4 is 21.3 Å². The Hall–Kier alpha value is -4.19. The van der Waals surface area contributed by atoms with Crippen molar-refractivity contribution in [2.45, 2.75) is 24.7 Å². The molecule has 1 heterocycles. The molecule has 2 aromatic carbocycles. The molecular weight excluding hydrogens is 500 g/mol. The van der Waals surface area contributed by atoms with Gasteiger partial charge in [-0.2, -0.15) is 0 Å². The summed E-state index contributed by atoms with van der Waals surface area (Å²) in [5.41, 5.74) is 4.05. The molecule has 12 heteroatoms. The van der Waals surface area contributed by atoms with Gasteiger partial charge < -0.3 is 10.5 Å². The SMILES string of the molecule is CCCCN(c1ccccc1)S(=O)(=O)c1cccc(C(=O)OCC(=O)c2c(N)n(C)c(=O)n(C)c2=O)c1. The number of para-hydroxylation sites is 1. The van der Waals surface area contributed by atoms with Crippen LogP contribution in [-0.4, -0.2) is 42.5 Å². The number of sulfonamides is 1. The Morgan fingerprint density at radius 1 is 1.00 bits per heavy atom. The van der Waals surface area contributed by atoms with Gasteiger partial charge >= 0.3 is 11.7 Å². The number of anilines is 2. The van der Waals surface area contributed by atoms with Gasteiger partial charge in [-0.25, -0.2) is 18.0 Å². The van der Waals surface area contributed by atoms with Crippen molar-refractivity contribution < 1.29 is 22.7 Å². The van der Waals surface area contributed by atoms with Crippen molar-refractivity contribution in [2.75, 3.05) is 23.2 Å². The second-order valence-corrected chi connectivity index (χ2v) is 10.1. The molecule has 0 radical (unpaired) electrons. The molecule has 0 saturated heterocycles. The van der Waals surface area contributed by atoms with Gasteiger partial charge in [0.2, 0.25) is 5.78 Å². The van der Waals surface area contributed by atoms with Crippen LogP contribution in [0.4, 0.5) is 11.5 Å². The van der Waals surface area contributed by atoms with Crippen molar-refractivity contribution >= 4 is 33.3 Å². The van der Waals surface area contributed by atoms with E-state index in [4.69, 9.17) is 10.5 Å². The van der Waals surface area contributed by atoms with Gasteiger partial charge in [0.15, 0.2) is 6.61 Å². The molecule has 0 spiro atoms. The first-order valence-electron chi connectivity index (χ1n) is 11.4. The Labute approximate surface area is 213 Å². The number of carbonyl (C=O) groups is 2. The van der Waals surface area contributed by atoms with Crippen molar-refractivity contribution in [1.82, 2.24) is 9.13 Å². The topological polar surface area (TPSA) is 151 Å². The largest absolute Gasteiger partial charge is 0.454 e. The van der Waals surface area contributed by atoms with Crippen molar-refractivity contribution in [3.8, 4) is 0 Å². The summed E-state index contributed by atoms with van der Waals surface area (Å²) >= 11 is 0. The number of nitrogen functional groups attached to an aromatic ring is 1. The number of aromatic nitrogens is 2. The fourth-order valence-electron chi connectivity index (χ4n) is 3.60. The van der Waals surface area contributed by atoms with Crippen LogP contribution in [0.2, 0.25) is 0 Å². The average molecular weight is 529 g/mol. The predicted octanol–water partition coefficient (Wildman–Crippen LogP) is 1.70. The molecule has 0 aliphatic heterocycles. The summed E-state index contributed by atoms with van der Waals surface area (Å²) in [6.45, 7) is 1.37. The molecule has 1 aromatic heterocycles. The van der Waals surface area contributed by atoms with E-state index in [0.717, 1.165) is 15.6 Å². The molecule has 11 nitrogen and oxygen atoms in total. The lowest BCUT2D eigenvalue weighted by Gasteiger charge is -2.24. The normalized spacial score (nSPS) is 11.2. The van der Waals surface area contributed by atoms with E-state index < -0.39 is 45.2 Å². The Morgan fingerprint density at radius 3 is 2.32 bits per heavy atom. The Morgan fingerprint density at radius 2 is 1.68 bits per heavy atom. The lowest BCUT2D eigenvalue weighted by Crippen LogP contribution is -2.42. The second-order valence-electron chi connectivity index (χ2n) is 8.26. The number of Topliss-reactive ketones (excluding diaryl/α,β-unsaturated/α-hetero) is 1. The van der Waals surface area contributed by atoms with E-state index in [0.29, 0.717) is 12.1 Å². The fourth-order valence-corrected chi connectivity index (χ4v) is 5.15. The molecule has 2 N–H and O–H groups in total. The number of nitrogens with zero attached hydrogens (tertiary/aromatic N) is 3. The minimum atomic E-state index is -4.02. The number of carbonyl (C=O) groups excluding carboxylic acids is 2. The molecule has 196 valence electrons. The maximum Gasteiger partial charge on any atom is 0.338 e. The summed E-state index contributed by atoms with van der Waals surface area (Å²) in [5, 5.41) is 0. The first-order valence-corrected chi connectivity index (χ1v) is 12.9. The zero-order valence-electron chi connectivity index (χ0n) is 20.7. The maximum atomic E-state index is 13.5. The molecule has 3 aromatic rings. The Kier molecular flexibility index (Phi) is 8.33. The highest BCUT2D eigenvalue weighted by atomic mass is 32.2. The van der Waals surface area contributed by atoms with Crippen molar-refractivity contribution in [2.24, 2.45) is 14.1 Å². The van der Waals surface area contributed by atoms with E-state index >= 15 is 0 Å². The minimum Gasteiger partial charge on any atom is -0.454 e. The Balaban J connectivity index is 1.85. The lowest BCUT2D eigenvalue weighted by molar-refractivity contribution is 0.0474. The van der Waals surface area contributed by atoms with Crippen molar-refractivity contribution in [3.05, 3.63) is 86.6 Å². The molecule has 0 aliphatic carbocycles. The lowest BCUT2D eigenvalue weighted by atomic mass is 10.2. The van der Waals surface area contributed by atoms with Crippen molar-refractivity contribution in [3.63, 3.8) is 0 Å². The van der Waals surface area contributed by atoms with Crippen LogP contribution >= 0.6 is 0 Å². The molecule has 0 bridgehead atoms. The van der Waals surface area contributed by atoms with Gasteiger partial charge in [0.1, 0.15) is 11.4 Å². The van der Waals surface area contributed by atoms with Gasteiger partial charge in [-0.15, -0.1) is 0 Å². The minimum absolute atomic E-state index is 0.0984. The van der Waals surface area contributed by atoms with Gasteiger partial charge in [0.05, 0.1) is 16.1 Å². The molecule has 0 aliphatic rings. The number of hydrogen-bond donors (Lipinski definition) is 1. The van der Waals surface area contributed by atoms with Crippen LogP contribution in [-0.2, 0) is 28.9 Å². The number of esters is 1. The third-order valence-corrected chi connectivity index (χ3v) is 7.56. The number of rotatable bonds is 10. The molecule has 0 atom stereocenters. The number of benzene rings is 2. The summed E-state index contributed by atoms with van der Waals surface area (Å²) in [6, 6.07) is 13.9. The highest BCUT2D eigenvalue weighted by Gasteiger charge is 2.26. The molecule has 3 rings (SSSR count). The van der Waals surface area contributed by atoms with Gasteiger partial charge in [0.25, 0.3) is 15.6 Å². The second kappa shape index (κ2) is 11.2. The fraction of sp³-hybridized carbons (Fsp3) is 0.280. The average Bonchev–Trinajstić information content (AvgIpc) is 2.90.